The molecule has 2 unspecified atom stereocenters. The van der Waals surface area contributed by atoms with Crippen molar-refractivity contribution in [1.29, 1.82) is 0 Å². The number of carbonyl (C=O) groups excluding carboxylic acids is 2. The van der Waals surface area contributed by atoms with Crippen LogP contribution in [0.3, 0.4) is 0 Å². The van der Waals surface area contributed by atoms with Crippen molar-refractivity contribution in [3.05, 3.63) is 0 Å². The number of rotatable bonds is 6. The third-order valence-corrected chi connectivity index (χ3v) is 4.02. The predicted molar refractivity (Wildman–Crippen MR) is 62.8 cm³/mol. The van der Waals surface area contributed by atoms with Gasteiger partial charge in [-0.3, -0.25) is 19.0 Å². The van der Waals surface area contributed by atoms with E-state index < -0.39 is 45.6 Å². The molecule has 1 aliphatic heterocycles. The van der Waals surface area contributed by atoms with Crippen LogP contribution >= 0.6 is 0 Å². The molecule has 0 aromatic heterocycles. The maximum Gasteiger partial charge on any atom is 0.326 e. The van der Waals surface area contributed by atoms with Crippen molar-refractivity contribution in [2.45, 2.75) is 43.9 Å². The van der Waals surface area contributed by atoms with Gasteiger partial charge < -0.3 is 5.11 Å². The Hall–Kier alpha value is -1.48. The second-order valence-corrected chi connectivity index (χ2v) is 5.90. The summed E-state index contributed by atoms with van der Waals surface area (Å²) in [5.41, 5.74) is 0. The summed E-state index contributed by atoms with van der Waals surface area (Å²) in [4.78, 5) is 34.9. The number of nitrogens with zero attached hydrogens (tertiary/aromatic N) is 1. The van der Waals surface area contributed by atoms with Crippen LogP contribution in [0.15, 0.2) is 0 Å². The highest BCUT2D eigenvalue weighted by molar-refractivity contribution is 7.87. The maximum atomic E-state index is 11.8. The van der Waals surface area contributed by atoms with Gasteiger partial charge in [0.05, 0.1) is 6.42 Å². The smallest absolute Gasteiger partial charge is 0.326 e. The zero-order chi connectivity index (χ0) is 14.8. The lowest BCUT2D eigenvalue weighted by molar-refractivity contribution is -0.154. The Morgan fingerprint density at radius 2 is 2.05 bits per heavy atom. The molecule has 2 N–H and O–H groups in total. The number of amides is 2. The van der Waals surface area contributed by atoms with Crippen LogP contribution < -0.4 is 0 Å². The van der Waals surface area contributed by atoms with Gasteiger partial charge in [0, 0.05) is 0 Å². The number of hydrogen-bond acceptors (Lipinski definition) is 5. The molecule has 1 fully saturated rings. The van der Waals surface area contributed by atoms with Crippen LogP contribution in [0.1, 0.15) is 32.6 Å². The summed E-state index contributed by atoms with van der Waals surface area (Å²) in [6.07, 6.45) is 0.487. The van der Waals surface area contributed by atoms with Gasteiger partial charge in [-0.2, -0.15) is 8.42 Å². The topological polar surface area (TPSA) is 129 Å². The van der Waals surface area contributed by atoms with Crippen molar-refractivity contribution < 1.29 is 32.5 Å². The highest BCUT2D eigenvalue weighted by Gasteiger charge is 2.49. The van der Waals surface area contributed by atoms with Crippen LogP contribution in [0.5, 0.6) is 0 Å². The molecule has 2 atom stereocenters. The highest BCUT2D eigenvalue weighted by atomic mass is 32.2. The lowest BCUT2D eigenvalue weighted by Gasteiger charge is -2.22. The minimum Gasteiger partial charge on any atom is -0.480 e. The Kier molecular flexibility index (Phi) is 4.64. The summed E-state index contributed by atoms with van der Waals surface area (Å²) < 4.78 is 30.7. The first-order chi connectivity index (χ1) is 8.70. The average Bonchev–Trinajstić information content (AvgIpc) is 2.56. The first-order valence-electron chi connectivity index (χ1n) is 5.75. The molecule has 2 amide bonds. The van der Waals surface area contributed by atoms with Crippen molar-refractivity contribution >= 4 is 27.9 Å². The molecule has 0 spiro atoms. The zero-order valence-corrected chi connectivity index (χ0v) is 11.1. The molecule has 19 heavy (non-hydrogen) atoms. The molecule has 108 valence electrons. The fourth-order valence-electron chi connectivity index (χ4n) is 1.94. The highest BCUT2D eigenvalue weighted by Crippen LogP contribution is 2.24. The lowest BCUT2D eigenvalue weighted by Crippen LogP contribution is -2.46. The second kappa shape index (κ2) is 5.66. The van der Waals surface area contributed by atoms with E-state index in [0.717, 1.165) is 0 Å². The van der Waals surface area contributed by atoms with E-state index in [4.69, 9.17) is 9.66 Å². The molecule has 9 heteroatoms. The summed E-state index contributed by atoms with van der Waals surface area (Å²) in [7, 11) is -4.70. The molecular formula is C10H15NO7S. The van der Waals surface area contributed by atoms with Crippen LogP contribution in [0.25, 0.3) is 0 Å². The lowest BCUT2D eigenvalue weighted by atomic mass is 10.1. The molecule has 0 aromatic rings. The van der Waals surface area contributed by atoms with Crippen molar-refractivity contribution in [1.82, 2.24) is 4.90 Å². The van der Waals surface area contributed by atoms with Gasteiger partial charge in [0.25, 0.3) is 16.0 Å². The van der Waals surface area contributed by atoms with E-state index >= 15 is 0 Å². The van der Waals surface area contributed by atoms with Crippen LogP contribution in [0.4, 0.5) is 0 Å². The van der Waals surface area contributed by atoms with Gasteiger partial charge in [-0.05, 0) is 6.42 Å². The number of carboxylic acids is 1. The summed E-state index contributed by atoms with van der Waals surface area (Å²) in [6, 6.07) is -1.38. The largest absolute Gasteiger partial charge is 0.480 e. The molecule has 0 saturated carbocycles. The van der Waals surface area contributed by atoms with Crippen molar-refractivity contribution in [2.24, 2.45) is 0 Å². The molecular weight excluding hydrogens is 278 g/mol. The first-order valence-corrected chi connectivity index (χ1v) is 7.25. The monoisotopic (exact) mass is 293 g/mol. The van der Waals surface area contributed by atoms with E-state index in [0.29, 0.717) is 17.7 Å². The molecule has 8 nitrogen and oxygen atoms in total. The molecule has 0 aliphatic carbocycles. The summed E-state index contributed by atoms with van der Waals surface area (Å²) in [5, 5.41) is 7.14. The van der Waals surface area contributed by atoms with Crippen LogP contribution in [-0.4, -0.2) is 52.1 Å². The zero-order valence-electron chi connectivity index (χ0n) is 10.3. The fourth-order valence-corrected chi connectivity index (χ4v) is 2.66. The normalized spacial score (nSPS) is 21.8. The fraction of sp³-hybridized carbons (Fsp3) is 0.700. The molecule has 1 heterocycles. The minimum absolute atomic E-state index is 0.0571. The number of unbranched alkanes of at least 4 members (excludes halogenated alkanes) is 1. The standard InChI is InChI=1S/C10H15NO7S/c1-2-3-4-6(10(14)15)11-8(12)5-7(9(11)13)19(16,17)18/h6-7H,2-5H2,1H3,(H,14,15)(H,16,17,18). The van der Waals surface area contributed by atoms with Crippen molar-refractivity contribution in [3.63, 3.8) is 0 Å². The SMILES string of the molecule is CCCCC(C(=O)O)N1C(=O)CC(S(=O)(=O)O)C1=O. The summed E-state index contributed by atoms with van der Waals surface area (Å²) in [6.45, 7) is 1.81. The van der Waals surface area contributed by atoms with Gasteiger partial charge in [0.15, 0.2) is 5.25 Å². The van der Waals surface area contributed by atoms with E-state index in [9.17, 15) is 22.8 Å². The maximum absolute atomic E-state index is 11.8. The third kappa shape index (κ3) is 3.29. The number of carboxylic acid groups (broad SMARTS) is 1. The van der Waals surface area contributed by atoms with E-state index in [-0.39, 0.29) is 6.42 Å². The number of imide groups is 1. The molecule has 0 radical (unpaired) electrons. The Morgan fingerprint density at radius 3 is 2.42 bits per heavy atom. The van der Waals surface area contributed by atoms with E-state index in [1.807, 2.05) is 6.92 Å². The van der Waals surface area contributed by atoms with E-state index in [1.165, 1.54) is 0 Å². The van der Waals surface area contributed by atoms with Crippen molar-refractivity contribution in [3.8, 4) is 0 Å². The van der Waals surface area contributed by atoms with Gasteiger partial charge in [0.2, 0.25) is 5.91 Å². The van der Waals surface area contributed by atoms with Crippen molar-refractivity contribution in [2.75, 3.05) is 0 Å². The molecule has 1 rings (SSSR count). The average molecular weight is 293 g/mol. The summed E-state index contributed by atoms with van der Waals surface area (Å²) >= 11 is 0. The molecule has 0 aromatic carbocycles. The third-order valence-electron chi connectivity index (χ3n) is 2.93. The first kappa shape index (κ1) is 15.6. The molecule has 1 aliphatic rings. The van der Waals surface area contributed by atoms with Gasteiger partial charge in [-0.25, -0.2) is 4.79 Å². The number of carbonyl (C=O) groups is 3. The van der Waals surface area contributed by atoms with Gasteiger partial charge in [0.1, 0.15) is 6.04 Å². The van der Waals surface area contributed by atoms with Gasteiger partial charge in [-0.15, -0.1) is 0 Å². The van der Waals surface area contributed by atoms with Crippen LogP contribution in [0.2, 0.25) is 0 Å². The van der Waals surface area contributed by atoms with Crippen LogP contribution in [0, 0.1) is 0 Å². The predicted octanol–water partition coefficient (Wildman–Crippen LogP) is -0.355. The van der Waals surface area contributed by atoms with Gasteiger partial charge >= 0.3 is 5.97 Å². The summed E-state index contributed by atoms with van der Waals surface area (Å²) in [5.74, 6) is -3.43. The van der Waals surface area contributed by atoms with Gasteiger partial charge in [-0.1, -0.05) is 19.8 Å². The van der Waals surface area contributed by atoms with E-state index in [1.54, 1.807) is 0 Å². The number of hydrogen-bond donors (Lipinski definition) is 2. The Bertz CT molecular complexity index is 498. The minimum atomic E-state index is -4.70. The Labute approximate surface area is 110 Å². The quantitative estimate of drug-likeness (QED) is 0.505. The molecule has 0 bridgehead atoms. The number of aliphatic carboxylic acids is 1. The Morgan fingerprint density at radius 1 is 1.47 bits per heavy atom. The molecule has 1 saturated heterocycles. The van der Waals surface area contributed by atoms with Crippen LogP contribution in [-0.2, 0) is 24.5 Å². The number of likely N-dealkylation sites (tertiary alicyclic amines) is 1. The second-order valence-electron chi connectivity index (χ2n) is 4.31. The van der Waals surface area contributed by atoms with E-state index in [2.05, 4.69) is 0 Å². The Balaban J connectivity index is 3.01.